The molecule has 78 valence electrons. The van der Waals surface area contributed by atoms with Crippen LogP contribution < -0.4 is 10.6 Å². The molecule has 1 aliphatic heterocycles. The van der Waals surface area contributed by atoms with E-state index in [-0.39, 0.29) is 12.6 Å². The second-order valence-electron chi connectivity index (χ2n) is 3.54. The number of thiazole rings is 1. The van der Waals surface area contributed by atoms with Gasteiger partial charge in [0, 0.05) is 18.5 Å². The maximum Gasteiger partial charge on any atom is 0.185 e. The van der Waals surface area contributed by atoms with Gasteiger partial charge in [-0.05, 0) is 12.8 Å². The molecular formula is C9H15N3OS. The fourth-order valence-electron chi connectivity index (χ4n) is 1.59. The molecule has 4 nitrogen and oxygen atoms in total. The van der Waals surface area contributed by atoms with E-state index >= 15 is 0 Å². The Morgan fingerprint density at radius 1 is 1.57 bits per heavy atom. The summed E-state index contributed by atoms with van der Waals surface area (Å²) in [5, 5.41) is 11.9. The van der Waals surface area contributed by atoms with Crippen molar-refractivity contribution in [1.29, 1.82) is 0 Å². The van der Waals surface area contributed by atoms with E-state index in [2.05, 4.69) is 9.88 Å². The molecule has 0 amide bonds. The van der Waals surface area contributed by atoms with Gasteiger partial charge in [-0.3, -0.25) is 0 Å². The summed E-state index contributed by atoms with van der Waals surface area (Å²) in [7, 11) is 0. The van der Waals surface area contributed by atoms with Crippen molar-refractivity contribution < 1.29 is 5.11 Å². The summed E-state index contributed by atoms with van der Waals surface area (Å²) in [6.07, 6.45) is 2.50. The second-order valence-corrected chi connectivity index (χ2v) is 4.37. The molecule has 1 atom stereocenters. The lowest BCUT2D eigenvalue weighted by Gasteiger charge is -2.12. The maximum absolute atomic E-state index is 8.89. The van der Waals surface area contributed by atoms with E-state index in [4.69, 9.17) is 10.8 Å². The molecule has 0 bridgehead atoms. The molecule has 1 unspecified atom stereocenters. The third kappa shape index (κ3) is 1.89. The molecule has 0 radical (unpaired) electrons. The summed E-state index contributed by atoms with van der Waals surface area (Å²) in [6, 6.07) is -0.331. The Morgan fingerprint density at radius 2 is 2.29 bits per heavy atom. The second kappa shape index (κ2) is 4.25. The number of rotatable bonds is 3. The minimum absolute atomic E-state index is 0.0385. The largest absolute Gasteiger partial charge is 0.394 e. The Morgan fingerprint density at radius 3 is 2.93 bits per heavy atom. The first-order valence-electron chi connectivity index (χ1n) is 4.88. The lowest BCUT2D eigenvalue weighted by Crippen LogP contribution is -2.18. The average Bonchev–Trinajstić information content (AvgIpc) is 2.86. The Kier molecular flexibility index (Phi) is 3.00. The first-order chi connectivity index (χ1) is 6.81. The van der Waals surface area contributed by atoms with Gasteiger partial charge in [0.15, 0.2) is 5.13 Å². The average molecular weight is 213 g/mol. The summed E-state index contributed by atoms with van der Waals surface area (Å²) in [4.78, 5) is 6.70. The third-order valence-electron chi connectivity index (χ3n) is 2.46. The predicted molar refractivity (Wildman–Crippen MR) is 57.6 cm³/mol. The molecule has 0 spiro atoms. The summed E-state index contributed by atoms with van der Waals surface area (Å²) >= 11 is 1.61. The molecule has 0 aliphatic carbocycles. The van der Waals surface area contributed by atoms with E-state index in [0.717, 1.165) is 23.9 Å². The number of nitrogens with two attached hydrogens (primary N) is 1. The number of hydrogen-bond donors (Lipinski definition) is 2. The number of aromatic nitrogens is 1. The smallest absolute Gasteiger partial charge is 0.185 e. The molecule has 1 fully saturated rings. The molecule has 5 heteroatoms. The van der Waals surface area contributed by atoms with Crippen LogP contribution in [-0.2, 0) is 0 Å². The number of nitrogens with zero attached hydrogens (tertiary/aromatic N) is 2. The Labute approximate surface area is 87.4 Å². The molecule has 3 N–H and O–H groups in total. The van der Waals surface area contributed by atoms with Gasteiger partial charge in [-0.2, -0.15) is 0 Å². The monoisotopic (exact) mass is 213 g/mol. The molecule has 1 aliphatic rings. The van der Waals surface area contributed by atoms with Gasteiger partial charge < -0.3 is 15.7 Å². The predicted octanol–water partition coefficient (Wildman–Crippen LogP) is 0.735. The molecule has 1 aromatic rings. The van der Waals surface area contributed by atoms with E-state index in [1.165, 1.54) is 12.8 Å². The number of hydrogen-bond acceptors (Lipinski definition) is 5. The van der Waals surface area contributed by atoms with Gasteiger partial charge in [-0.15, -0.1) is 11.3 Å². The van der Waals surface area contributed by atoms with Crippen molar-refractivity contribution >= 4 is 16.5 Å². The van der Waals surface area contributed by atoms with Gasteiger partial charge in [0.1, 0.15) is 0 Å². The van der Waals surface area contributed by atoms with Gasteiger partial charge in [-0.25, -0.2) is 4.98 Å². The molecule has 0 aromatic carbocycles. The van der Waals surface area contributed by atoms with Crippen molar-refractivity contribution in [3.63, 3.8) is 0 Å². The summed E-state index contributed by atoms with van der Waals surface area (Å²) in [5.74, 6) is 0. The number of aliphatic hydroxyl groups is 1. The number of anilines is 1. The molecule has 0 saturated carbocycles. The number of aliphatic hydroxyl groups excluding tert-OH is 1. The highest BCUT2D eigenvalue weighted by atomic mass is 32.1. The lowest BCUT2D eigenvalue weighted by atomic mass is 10.3. The fourth-order valence-corrected chi connectivity index (χ4v) is 2.54. The molecular weight excluding hydrogens is 198 g/mol. The van der Waals surface area contributed by atoms with Gasteiger partial charge in [0.05, 0.1) is 18.3 Å². The van der Waals surface area contributed by atoms with Crippen LogP contribution >= 0.6 is 11.3 Å². The van der Waals surface area contributed by atoms with Crippen LogP contribution in [0.2, 0.25) is 0 Å². The van der Waals surface area contributed by atoms with E-state index in [1.54, 1.807) is 11.3 Å². The van der Waals surface area contributed by atoms with Crippen LogP contribution in [0, 0.1) is 0 Å². The normalized spacial score (nSPS) is 18.9. The van der Waals surface area contributed by atoms with Crippen LogP contribution in [0.25, 0.3) is 0 Å². The highest BCUT2D eigenvalue weighted by molar-refractivity contribution is 7.13. The standard InChI is InChI=1S/C9H15N3OS/c10-7(5-13)8-6-14-9(11-8)12-3-1-2-4-12/h6-7,13H,1-5,10H2. The first kappa shape index (κ1) is 9.89. The molecule has 1 saturated heterocycles. The van der Waals surface area contributed by atoms with E-state index < -0.39 is 0 Å². The minimum Gasteiger partial charge on any atom is -0.394 e. The van der Waals surface area contributed by atoms with E-state index in [1.807, 2.05) is 5.38 Å². The third-order valence-corrected chi connectivity index (χ3v) is 3.38. The molecule has 1 aromatic heterocycles. The van der Waals surface area contributed by atoms with Crippen LogP contribution in [0.4, 0.5) is 5.13 Å². The van der Waals surface area contributed by atoms with E-state index in [0.29, 0.717) is 0 Å². The van der Waals surface area contributed by atoms with Crippen LogP contribution in [0.15, 0.2) is 5.38 Å². The zero-order valence-corrected chi connectivity index (χ0v) is 8.83. The van der Waals surface area contributed by atoms with Crippen LogP contribution in [-0.4, -0.2) is 29.8 Å². The van der Waals surface area contributed by atoms with Crippen molar-refractivity contribution in [1.82, 2.24) is 4.98 Å². The Hall–Kier alpha value is -0.650. The van der Waals surface area contributed by atoms with Crippen molar-refractivity contribution in [2.24, 2.45) is 5.73 Å². The highest BCUT2D eigenvalue weighted by Gasteiger charge is 2.17. The fraction of sp³-hybridized carbons (Fsp3) is 0.667. The zero-order chi connectivity index (χ0) is 9.97. The lowest BCUT2D eigenvalue weighted by molar-refractivity contribution is 0.266. The molecule has 14 heavy (non-hydrogen) atoms. The van der Waals surface area contributed by atoms with Crippen LogP contribution in [0.3, 0.4) is 0 Å². The van der Waals surface area contributed by atoms with E-state index in [9.17, 15) is 0 Å². The zero-order valence-electron chi connectivity index (χ0n) is 8.02. The highest BCUT2D eigenvalue weighted by Crippen LogP contribution is 2.26. The van der Waals surface area contributed by atoms with Gasteiger partial charge in [0.25, 0.3) is 0 Å². The summed E-state index contributed by atoms with van der Waals surface area (Å²) in [5.41, 5.74) is 6.49. The van der Waals surface area contributed by atoms with Gasteiger partial charge >= 0.3 is 0 Å². The van der Waals surface area contributed by atoms with Gasteiger partial charge in [0.2, 0.25) is 0 Å². The Balaban J connectivity index is 2.08. The molecule has 2 rings (SSSR count). The van der Waals surface area contributed by atoms with Crippen molar-refractivity contribution in [3.8, 4) is 0 Å². The van der Waals surface area contributed by atoms with Crippen molar-refractivity contribution in [2.45, 2.75) is 18.9 Å². The molecule has 2 heterocycles. The van der Waals surface area contributed by atoms with Gasteiger partial charge in [-0.1, -0.05) is 0 Å². The summed E-state index contributed by atoms with van der Waals surface area (Å²) < 4.78 is 0. The topological polar surface area (TPSA) is 62.4 Å². The summed E-state index contributed by atoms with van der Waals surface area (Å²) in [6.45, 7) is 2.16. The Bertz CT molecular complexity index is 296. The minimum atomic E-state index is -0.331. The van der Waals surface area contributed by atoms with Crippen LogP contribution in [0.5, 0.6) is 0 Å². The van der Waals surface area contributed by atoms with Crippen molar-refractivity contribution in [2.75, 3.05) is 24.6 Å². The quantitative estimate of drug-likeness (QED) is 0.777. The van der Waals surface area contributed by atoms with Crippen molar-refractivity contribution in [3.05, 3.63) is 11.1 Å². The first-order valence-corrected chi connectivity index (χ1v) is 5.76. The maximum atomic E-state index is 8.89. The van der Waals surface area contributed by atoms with Crippen LogP contribution in [0.1, 0.15) is 24.6 Å². The SMILES string of the molecule is NC(CO)c1csc(N2CCCC2)n1.